The molecule has 0 aromatic carbocycles. The molecular formula is C11H13BrN4O. The smallest absolute Gasteiger partial charge is 0.145 e. The maximum atomic E-state index is 5.23. The minimum absolute atomic E-state index is 0.615. The van der Waals surface area contributed by atoms with E-state index >= 15 is 0 Å². The van der Waals surface area contributed by atoms with Crippen molar-refractivity contribution in [1.29, 1.82) is 0 Å². The summed E-state index contributed by atoms with van der Waals surface area (Å²) in [6, 6.07) is 1.82. The van der Waals surface area contributed by atoms with Crippen LogP contribution in [0.2, 0.25) is 0 Å². The number of anilines is 1. The Morgan fingerprint density at radius 2 is 2.35 bits per heavy atom. The number of ether oxygens (including phenoxy) is 1. The van der Waals surface area contributed by atoms with Crippen molar-refractivity contribution in [3.8, 4) is 5.75 Å². The van der Waals surface area contributed by atoms with Crippen molar-refractivity contribution >= 4 is 21.6 Å². The summed E-state index contributed by atoms with van der Waals surface area (Å²) in [6.45, 7) is 0.615. The van der Waals surface area contributed by atoms with Gasteiger partial charge in [0.1, 0.15) is 5.75 Å². The first kappa shape index (κ1) is 11.9. The zero-order valence-electron chi connectivity index (χ0n) is 9.64. The van der Waals surface area contributed by atoms with Gasteiger partial charge in [-0.15, -0.1) is 0 Å². The van der Waals surface area contributed by atoms with Crippen LogP contribution in [0.5, 0.6) is 5.75 Å². The average Bonchev–Trinajstić information content (AvgIpc) is 2.65. The molecule has 0 aliphatic rings. The molecule has 1 N–H and O–H groups in total. The second-order valence-corrected chi connectivity index (χ2v) is 4.38. The molecule has 90 valence electrons. The lowest BCUT2D eigenvalue weighted by Gasteiger charge is -2.09. The Bertz CT molecular complexity index is 512. The van der Waals surface area contributed by atoms with Gasteiger partial charge in [0.05, 0.1) is 35.7 Å². The molecule has 2 aromatic rings. The van der Waals surface area contributed by atoms with E-state index in [0.29, 0.717) is 6.54 Å². The third kappa shape index (κ3) is 2.76. The van der Waals surface area contributed by atoms with Crippen molar-refractivity contribution in [3.63, 3.8) is 0 Å². The van der Waals surface area contributed by atoms with Gasteiger partial charge in [-0.2, -0.15) is 5.10 Å². The van der Waals surface area contributed by atoms with E-state index in [1.807, 2.05) is 19.3 Å². The topological polar surface area (TPSA) is 52.0 Å². The summed E-state index contributed by atoms with van der Waals surface area (Å²) in [6.07, 6.45) is 5.34. The van der Waals surface area contributed by atoms with Gasteiger partial charge in [-0.25, -0.2) is 0 Å². The van der Waals surface area contributed by atoms with E-state index < -0.39 is 0 Å². The first-order chi connectivity index (χ1) is 8.20. The highest BCUT2D eigenvalue weighted by molar-refractivity contribution is 9.10. The second-order valence-electron chi connectivity index (χ2n) is 3.53. The quantitative estimate of drug-likeness (QED) is 0.940. The summed E-state index contributed by atoms with van der Waals surface area (Å²) in [7, 11) is 3.52. The highest BCUT2D eigenvalue weighted by Crippen LogP contribution is 2.23. The van der Waals surface area contributed by atoms with Crippen LogP contribution in [0, 0.1) is 0 Å². The predicted octanol–water partition coefficient (Wildman–Crippen LogP) is 2.20. The molecule has 0 aliphatic carbocycles. The van der Waals surface area contributed by atoms with E-state index in [0.717, 1.165) is 21.6 Å². The van der Waals surface area contributed by atoms with E-state index in [4.69, 9.17) is 4.74 Å². The predicted molar refractivity (Wildman–Crippen MR) is 69.0 cm³/mol. The van der Waals surface area contributed by atoms with Crippen LogP contribution < -0.4 is 10.1 Å². The third-order valence-corrected chi connectivity index (χ3v) is 2.96. The van der Waals surface area contributed by atoms with Crippen molar-refractivity contribution < 1.29 is 4.74 Å². The van der Waals surface area contributed by atoms with Gasteiger partial charge < -0.3 is 10.1 Å². The number of nitrogens with zero attached hydrogens (tertiary/aromatic N) is 3. The first-order valence-electron chi connectivity index (χ1n) is 5.10. The maximum Gasteiger partial charge on any atom is 0.145 e. The van der Waals surface area contributed by atoms with E-state index in [1.165, 1.54) is 0 Å². The van der Waals surface area contributed by atoms with Crippen molar-refractivity contribution in [2.24, 2.45) is 7.05 Å². The molecule has 0 bridgehead atoms. The van der Waals surface area contributed by atoms with Crippen LogP contribution in [0.3, 0.4) is 0 Å². The Morgan fingerprint density at radius 1 is 1.53 bits per heavy atom. The van der Waals surface area contributed by atoms with Crippen LogP contribution in [0.4, 0.5) is 5.69 Å². The lowest BCUT2D eigenvalue weighted by Crippen LogP contribution is -2.03. The van der Waals surface area contributed by atoms with Gasteiger partial charge in [0.2, 0.25) is 0 Å². The standard InChI is InChI=1S/C11H13BrN4O/c1-16-7-8(12)9(15-16)6-14-10-5-13-4-3-11(10)17-2/h3-5,7,14H,6H2,1-2H3. The number of hydrogen-bond donors (Lipinski definition) is 1. The Balaban J connectivity index is 2.09. The molecule has 2 aromatic heterocycles. The fourth-order valence-electron chi connectivity index (χ4n) is 1.50. The summed E-state index contributed by atoms with van der Waals surface area (Å²) in [5.41, 5.74) is 1.80. The summed E-state index contributed by atoms with van der Waals surface area (Å²) < 4.78 is 7.98. The van der Waals surface area contributed by atoms with E-state index in [2.05, 4.69) is 31.3 Å². The third-order valence-electron chi connectivity index (χ3n) is 2.30. The number of halogens is 1. The molecule has 2 rings (SSSR count). The summed E-state index contributed by atoms with van der Waals surface area (Å²) in [4.78, 5) is 4.05. The fraction of sp³-hybridized carbons (Fsp3) is 0.273. The Labute approximate surface area is 108 Å². The van der Waals surface area contributed by atoms with Crippen LogP contribution in [0.25, 0.3) is 0 Å². The van der Waals surface area contributed by atoms with Crippen LogP contribution in [-0.4, -0.2) is 21.9 Å². The molecule has 0 fully saturated rings. The van der Waals surface area contributed by atoms with Crippen molar-refractivity contribution in [3.05, 3.63) is 34.8 Å². The number of aryl methyl sites for hydroxylation is 1. The molecule has 0 saturated carbocycles. The molecule has 0 atom stereocenters. The molecule has 5 nitrogen and oxygen atoms in total. The molecule has 6 heteroatoms. The fourth-order valence-corrected chi connectivity index (χ4v) is 2.01. The molecule has 0 radical (unpaired) electrons. The highest BCUT2D eigenvalue weighted by Gasteiger charge is 2.06. The molecule has 0 saturated heterocycles. The largest absolute Gasteiger partial charge is 0.494 e. The van der Waals surface area contributed by atoms with Crippen LogP contribution >= 0.6 is 15.9 Å². The van der Waals surface area contributed by atoms with Crippen molar-refractivity contribution in [1.82, 2.24) is 14.8 Å². The van der Waals surface area contributed by atoms with Crippen LogP contribution in [0.15, 0.2) is 29.1 Å². The summed E-state index contributed by atoms with van der Waals surface area (Å²) >= 11 is 3.46. The number of nitrogens with one attached hydrogen (secondary N) is 1. The lowest BCUT2D eigenvalue weighted by molar-refractivity contribution is 0.416. The molecule has 0 aliphatic heterocycles. The first-order valence-corrected chi connectivity index (χ1v) is 5.90. The van der Waals surface area contributed by atoms with Gasteiger partial charge in [-0.3, -0.25) is 9.67 Å². The lowest BCUT2D eigenvalue weighted by atomic mass is 10.3. The second kappa shape index (κ2) is 5.18. The number of hydrogen-bond acceptors (Lipinski definition) is 4. The molecule has 0 unspecified atom stereocenters. The maximum absolute atomic E-state index is 5.23. The number of methoxy groups -OCH3 is 1. The van der Waals surface area contributed by atoms with Crippen molar-refractivity contribution in [2.75, 3.05) is 12.4 Å². The zero-order valence-corrected chi connectivity index (χ0v) is 11.2. The average molecular weight is 297 g/mol. The van der Waals surface area contributed by atoms with E-state index in [1.54, 1.807) is 24.2 Å². The normalized spacial score (nSPS) is 10.3. The van der Waals surface area contributed by atoms with Gasteiger partial charge in [0, 0.05) is 25.5 Å². The van der Waals surface area contributed by atoms with Gasteiger partial charge >= 0.3 is 0 Å². The number of rotatable bonds is 4. The number of aromatic nitrogens is 3. The van der Waals surface area contributed by atoms with E-state index in [9.17, 15) is 0 Å². The monoisotopic (exact) mass is 296 g/mol. The van der Waals surface area contributed by atoms with Gasteiger partial charge in [0.15, 0.2) is 0 Å². The van der Waals surface area contributed by atoms with Gasteiger partial charge in [0.25, 0.3) is 0 Å². The molecule has 0 amide bonds. The van der Waals surface area contributed by atoms with Gasteiger partial charge in [-0.05, 0) is 15.9 Å². The molecule has 2 heterocycles. The zero-order chi connectivity index (χ0) is 12.3. The van der Waals surface area contributed by atoms with Crippen LogP contribution in [0.1, 0.15) is 5.69 Å². The van der Waals surface area contributed by atoms with Gasteiger partial charge in [-0.1, -0.05) is 0 Å². The Kier molecular flexibility index (Phi) is 3.63. The Hall–Kier alpha value is -1.56. The SMILES string of the molecule is COc1ccncc1NCc1nn(C)cc1Br. The molecule has 0 spiro atoms. The summed E-state index contributed by atoms with van der Waals surface area (Å²) in [5, 5.41) is 7.57. The Morgan fingerprint density at radius 3 is 3.00 bits per heavy atom. The summed E-state index contributed by atoms with van der Waals surface area (Å²) in [5.74, 6) is 0.770. The number of pyridine rings is 1. The highest BCUT2D eigenvalue weighted by atomic mass is 79.9. The van der Waals surface area contributed by atoms with Crippen LogP contribution in [-0.2, 0) is 13.6 Å². The molecular weight excluding hydrogens is 284 g/mol. The van der Waals surface area contributed by atoms with Crippen molar-refractivity contribution in [2.45, 2.75) is 6.54 Å². The minimum Gasteiger partial charge on any atom is -0.494 e. The van der Waals surface area contributed by atoms with E-state index in [-0.39, 0.29) is 0 Å². The molecule has 17 heavy (non-hydrogen) atoms. The minimum atomic E-state index is 0.615.